The molecule has 1 aromatic heterocycles. The number of likely N-dealkylation sites (N-methyl/N-ethyl adjacent to an activating group) is 1. The SMILES string of the molecule is CCC(CC)c1cc(CNC(=NC)NCCN(C)C2CCCC2)on1. The predicted molar refractivity (Wildman–Crippen MR) is 103 cm³/mol. The van der Waals surface area contributed by atoms with E-state index in [4.69, 9.17) is 4.52 Å². The molecule has 1 aliphatic rings. The van der Waals surface area contributed by atoms with Crippen molar-refractivity contribution in [1.82, 2.24) is 20.7 Å². The lowest BCUT2D eigenvalue weighted by molar-refractivity contribution is 0.249. The summed E-state index contributed by atoms with van der Waals surface area (Å²) in [4.78, 5) is 6.75. The molecule has 0 radical (unpaired) electrons. The number of hydrogen-bond donors (Lipinski definition) is 2. The van der Waals surface area contributed by atoms with Crippen LogP contribution in [0, 0.1) is 0 Å². The molecule has 0 atom stereocenters. The van der Waals surface area contributed by atoms with E-state index >= 15 is 0 Å². The number of guanidine groups is 1. The second-order valence-electron chi connectivity index (χ2n) is 7.00. The summed E-state index contributed by atoms with van der Waals surface area (Å²) in [5.74, 6) is 2.15. The number of nitrogens with zero attached hydrogens (tertiary/aromatic N) is 3. The zero-order valence-corrected chi connectivity index (χ0v) is 16.3. The minimum absolute atomic E-state index is 0.487. The van der Waals surface area contributed by atoms with Crippen molar-refractivity contribution >= 4 is 5.96 Å². The second kappa shape index (κ2) is 10.4. The summed E-state index contributed by atoms with van der Waals surface area (Å²) in [5, 5.41) is 10.9. The van der Waals surface area contributed by atoms with Gasteiger partial charge in [0.1, 0.15) is 0 Å². The summed E-state index contributed by atoms with van der Waals surface area (Å²) in [6.07, 6.45) is 7.62. The number of aliphatic imine (C=N–C) groups is 1. The minimum Gasteiger partial charge on any atom is -0.359 e. The fourth-order valence-corrected chi connectivity index (χ4v) is 3.58. The largest absolute Gasteiger partial charge is 0.359 e. The maximum Gasteiger partial charge on any atom is 0.191 e. The van der Waals surface area contributed by atoms with Gasteiger partial charge >= 0.3 is 0 Å². The van der Waals surface area contributed by atoms with Crippen molar-refractivity contribution in [2.24, 2.45) is 4.99 Å². The van der Waals surface area contributed by atoms with E-state index < -0.39 is 0 Å². The van der Waals surface area contributed by atoms with Gasteiger partial charge in [-0.25, -0.2) is 0 Å². The highest BCUT2D eigenvalue weighted by atomic mass is 16.5. The van der Waals surface area contributed by atoms with Crippen LogP contribution in [0.3, 0.4) is 0 Å². The Morgan fingerprint density at radius 2 is 2.04 bits per heavy atom. The quantitative estimate of drug-likeness (QED) is 0.530. The normalized spacial score (nSPS) is 16.2. The highest BCUT2D eigenvalue weighted by Crippen LogP contribution is 2.22. The molecule has 0 amide bonds. The summed E-state index contributed by atoms with van der Waals surface area (Å²) in [6.45, 7) is 6.91. The van der Waals surface area contributed by atoms with E-state index in [2.05, 4.69) is 52.6 Å². The number of hydrogen-bond acceptors (Lipinski definition) is 4. The molecule has 0 spiro atoms. The standard InChI is InChI=1S/C19H35N5O/c1-5-15(6-2)18-13-17(25-23-18)14-22-19(20-3)21-11-12-24(4)16-9-7-8-10-16/h13,15-16H,5-12,14H2,1-4H3,(H2,20,21,22). The molecule has 142 valence electrons. The van der Waals surface area contributed by atoms with Crippen LogP contribution in [0.15, 0.2) is 15.6 Å². The van der Waals surface area contributed by atoms with Crippen molar-refractivity contribution in [3.63, 3.8) is 0 Å². The third-order valence-electron chi connectivity index (χ3n) is 5.34. The first kappa shape index (κ1) is 19.8. The molecule has 1 saturated carbocycles. The highest BCUT2D eigenvalue weighted by molar-refractivity contribution is 5.79. The Balaban J connectivity index is 1.71. The number of rotatable bonds is 9. The van der Waals surface area contributed by atoms with Crippen LogP contribution in [-0.2, 0) is 6.54 Å². The van der Waals surface area contributed by atoms with Crippen LogP contribution in [0.1, 0.15) is 69.7 Å². The van der Waals surface area contributed by atoms with Gasteiger partial charge in [0.15, 0.2) is 11.7 Å². The average molecular weight is 350 g/mol. The van der Waals surface area contributed by atoms with Crippen LogP contribution in [0.2, 0.25) is 0 Å². The third kappa shape index (κ3) is 6.03. The van der Waals surface area contributed by atoms with Gasteiger partial charge in [-0.1, -0.05) is 31.8 Å². The first-order valence-corrected chi connectivity index (χ1v) is 9.78. The monoisotopic (exact) mass is 349 g/mol. The summed E-state index contributed by atoms with van der Waals surface area (Å²) in [6, 6.07) is 2.82. The molecule has 1 aromatic rings. The first-order valence-electron chi connectivity index (χ1n) is 9.78. The van der Waals surface area contributed by atoms with Gasteiger partial charge in [0, 0.05) is 38.2 Å². The van der Waals surface area contributed by atoms with Crippen LogP contribution in [0.25, 0.3) is 0 Å². The summed E-state index contributed by atoms with van der Waals surface area (Å²) in [7, 11) is 4.02. The molecule has 0 saturated heterocycles. The zero-order chi connectivity index (χ0) is 18.1. The molecular formula is C19H35N5O. The van der Waals surface area contributed by atoms with Gasteiger partial charge in [0.2, 0.25) is 0 Å². The Labute approximate surface area is 152 Å². The fourth-order valence-electron chi connectivity index (χ4n) is 3.58. The smallest absolute Gasteiger partial charge is 0.191 e. The molecule has 0 bridgehead atoms. The molecule has 0 aliphatic heterocycles. The molecule has 0 aromatic carbocycles. The maximum atomic E-state index is 5.45. The molecule has 6 nitrogen and oxygen atoms in total. The van der Waals surface area contributed by atoms with Gasteiger partial charge in [-0.2, -0.15) is 0 Å². The number of nitrogens with one attached hydrogen (secondary N) is 2. The first-order chi connectivity index (χ1) is 12.2. The van der Waals surface area contributed by atoms with Crippen molar-refractivity contribution in [2.45, 2.75) is 70.9 Å². The Hall–Kier alpha value is -1.56. The van der Waals surface area contributed by atoms with Crippen molar-refractivity contribution in [3.8, 4) is 0 Å². The molecule has 25 heavy (non-hydrogen) atoms. The highest BCUT2D eigenvalue weighted by Gasteiger charge is 2.19. The van der Waals surface area contributed by atoms with Gasteiger partial charge in [0.05, 0.1) is 12.2 Å². The van der Waals surface area contributed by atoms with E-state index in [-0.39, 0.29) is 0 Å². The summed E-state index contributed by atoms with van der Waals surface area (Å²) >= 11 is 0. The molecule has 6 heteroatoms. The van der Waals surface area contributed by atoms with Crippen molar-refractivity contribution in [3.05, 3.63) is 17.5 Å². The number of aromatic nitrogens is 1. The van der Waals surface area contributed by atoms with Crippen molar-refractivity contribution in [2.75, 3.05) is 27.2 Å². The molecular weight excluding hydrogens is 314 g/mol. The van der Waals surface area contributed by atoms with E-state index in [1.807, 2.05) is 0 Å². The van der Waals surface area contributed by atoms with Gasteiger partial charge in [-0.3, -0.25) is 4.99 Å². The Morgan fingerprint density at radius 3 is 2.68 bits per heavy atom. The second-order valence-corrected chi connectivity index (χ2v) is 7.00. The lowest BCUT2D eigenvalue weighted by Gasteiger charge is -2.24. The fraction of sp³-hybridized carbons (Fsp3) is 0.789. The zero-order valence-electron chi connectivity index (χ0n) is 16.3. The van der Waals surface area contributed by atoms with E-state index in [1.54, 1.807) is 7.05 Å². The molecule has 1 fully saturated rings. The Bertz CT molecular complexity index is 518. The Kier molecular flexibility index (Phi) is 8.25. The molecule has 2 N–H and O–H groups in total. The molecule has 1 heterocycles. The van der Waals surface area contributed by atoms with Gasteiger partial charge in [-0.05, 0) is 32.7 Å². The summed E-state index contributed by atoms with van der Waals surface area (Å²) in [5.41, 5.74) is 1.06. The van der Waals surface area contributed by atoms with Gasteiger partial charge < -0.3 is 20.1 Å². The topological polar surface area (TPSA) is 65.7 Å². The van der Waals surface area contributed by atoms with Crippen molar-refractivity contribution < 1.29 is 4.52 Å². The molecule has 2 rings (SSSR count). The van der Waals surface area contributed by atoms with Crippen LogP contribution in [-0.4, -0.2) is 49.2 Å². The van der Waals surface area contributed by atoms with Crippen LogP contribution in [0.5, 0.6) is 0 Å². The molecule has 0 unspecified atom stereocenters. The van der Waals surface area contributed by atoms with Gasteiger partial charge in [-0.15, -0.1) is 0 Å². The maximum absolute atomic E-state index is 5.45. The minimum atomic E-state index is 0.487. The van der Waals surface area contributed by atoms with Crippen molar-refractivity contribution in [1.29, 1.82) is 0 Å². The Morgan fingerprint density at radius 1 is 1.32 bits per heavy atom. The van der Waals surface area contributed by atoms with E-state index in [0.29, 0.717) is 12.5 Å². The third-order valence-corrected chi connectivity index (χ3v) is 5.34. The van der Waals surface area contributed by atoms with Crippen LogP contribution < -0.4 is 10.6 Å². The molecule has 1 aliphatic carbocycles. The van der Waals surface area contributed by atoms with E-state index in [9.17, 15) is 0 Å². The predicted octanol–water partition coefficient (Wildman–Crippen LogP) is 3.12. The van der Waals surface area contributed by atoms with Gasteiger partial charge in [0.25, 0.3) is 0 Å². The van der Waals surface area contributed by atoms with Crippen LogP contribution in [0.4, 0.5) is 0 Å². The average Bonchev–Trinajstić information content (AvgIpc) is 3.31. The van der Waals surface area contributed by atoms with Crippen LogP contribution >= 0.6 is 0 Å². The lowest BCUT2D eigenvalue weighted by atomic mass is 9.99. The summed E-state index contributed by atoms with van der Waals surface area (Å²) < 4.78 is 5.45. The van der Waals surface area contributed by atoms with E-state index in [1.165, 1.54) is 25.7 Å². The lowest BCUT2D eigenvalue weighted by Crippen LogP contribution is -2.42. The van der Waals surface area contributed by atoms with E-state index in [0.717, 1.165) is 49.4 Å².